The molecule has 0 bridgehead atoms. The van der Waals surface area contributed by atoms with Gasteiger partial charge in [-0.05, 0) is 62.3 Å². The lowest BCUT2D eigenvalue weighted by atomic mass is 9.93. The van der Waals surface area contributed by atoms with Gasteiger partial charge in [0.25, 0.3) is 5.91 Å². The Hall–Kier alpha value is -2.34. The molecule has 2 amide bonds. The smallest absolute Gasteiger partial charge is 0.255 e. The minimum Gasteiger partial charge on any atom is -0.341 e. The van der Waals surface area contributed by atoms with Crippen LogP contribution >= 0.6 is 11.6 Å². The van der Waals surface area contributed by atoms with E-state index in [0.717, 1.165) is 31.6 Å². The molecule has 2 aliphatic rings. The van der Waals surface area contributed by atoms with E-state index in [1.54, 1.807) is 29.9 Å². The van der Waals surface area contributed by atoms with Gasteiger partial charge in [-0.3, -0.25) is 9.59 Å². The van der Waals surface area contributed by atoms with Crippen LogP contribution in [0.2, 0.25) is 5.02 Å². The maximum Gasteiger partial charge on any atom is 0.255 e. The van der Waals surface area contributed by atoms with Crippen LogP contribution in [0.25, 0.3) is 5.69 Å². The summed E-state index contributed by atoms with van der Waals surface area (Å²) in [4.78, 5) is 27.0. The summed E-state index contributed by atoms with van der Waals surface area (Å²) in [6, 6.07) is 6.63. The minimum atomic E-state index is -0.551. The second-order valence-electron chi connectivity index (χ2n) is 7.67. The van der Waals surface area contributed by atoms with Crippen LogP contribution in [-0.2, 0) is 4.79 Å². The van der Waals surface area contributed by atoms with Crippen LogP contribution in [0.4, 0.5) is 0 Å². The van der Waals surface area contributed by atoms with Crippen LogP contribution < -0.4 is 5.32 Å². The van der Waals surface area contributed by atoms with Crippen molar-refractivity contribution in [3.05, 3.63) is 47.2 Å². The van der Waals surface area contributed by atoms with Crippen molar-refractivity contribution in [2.24, 2.45) is 5.41 Å². The van der Waals surface area contributed by atoms with E-state index in [-0.39, 0.29) is 11.8 Å². The Bertz CT molecular complexity index is 847. The van der Waals surface area contributed by atoms with E-state index < -0.39 is 6.04 Å². The van der Waals surface area contributed by atoms with Crippen molar-refractivity contribution in [3.8, 4) is 5.69 Å². The van der Waals surface area contributed by atoms with Crippen molar-refractivity contribution >= 4 is 23.4 Å². The minimum absolute atomic E-state index is 0.0102. The predicted molar refractivity (Wildman–Crippen MR) is 103 cm³/mol. The van der Waals surface area contributed by atoms with E-state index in [0.29, 0.717) is 16.0 Å². The number of hydrogen-bond donors (Lipinski definition) is 1. The van der Waals surface area contributed by atoms with Gasteiger partial charge in [0.05, 0.1) is 17.4 Å². The van der Waals surface area contributed by atoms with Gasteiger partial charge >= 0.3 is 0 Å². The molecule has 4 rings (SSSR count). The van der Waals surface area contributed by atoms with Gasteiger partial charge in [-0.2, -0.15) is 5.10 Å². The molecular formula is C20H23ClN4O2. The van der Waals surface area contributed by atoms with Crippen LogP contribution in [0.3, 0.4) is 0 Å². The van der Waals surface area contributed by atoms with Gasteiger partial charge in [-0.1, -0.05) is 11.6 Å². The molecule has 1 N–H and O–H groups in total. The molecular weight excluding hydrogens is 364 g/mol. The van der Waals surface area contributed by atoms with Crippen molar-refractivity contribution in [2.75, 3.05) is 13.1 Å². The first-order valence-electron chi connectivity index (χ1n) is 9.36. The summed E-state index contributed by atoms with van der Waals surface area (Å²) in [5, 5.41) is 7.66. The van der Waals surface area contributed by atoms with E-state index in [1.165, 1.54) is 19.0 Å². The second-order valence-corrected chi connectivity index (χ2v) is 8.11. The van der Waals surface area contributed by atoms with E-state index >= 15 is 0 Å². The number of hydrogen-bond acceptors (Lipinski definition) is 3. The molecule has 1 aromatic carbocycles. The zero-order chi connectivity index (χ0) is 19.0. The molecule has 2 fully saturated rings. The number of piperidine rings is 1. The Balaban J connectivity index is 1.35. The molecule has 1 unspecified atom stereocenters. The molecule has 142 valence electrons. The molecule has 27 heavy (non-hydrogen) atoms. The quantitative estimate of drug-likeness (QED) is 0.878. The molecule has 1 aliphatic carbocycles. The first-order chi connectivity index (χ1) is 13.0. The van der Waals surface area contributed by atoms with Crippen LogP contribution in [0.15, 0.2) is 36.7 Å². The number of aromatic nitrogens is 2. The summed E-state index contributed by atoms with van der Waals surface area (Å²) in [5.74, 6) is -0.310. The van der Waals surface area contributed by atoms with E-state index in [4.69, 9.17) is 11.6 Å². The largest absolute Gasteiger partial charge is 0.341 e. The number of amides is 2. The van der Waals surface area contributed by atoms with E-state index in [9.17, 15) is 9.59 Å². The standard InChI is InChI=1S/C20H23ClN4O2/c1-14(19(27)24-10-8-20(6-7-20)9-11-24)23-18(26)15-12-22-25(13-15)17-4-2-16(21)3-5-17/h2-5,12-14H,6-11H2,1H3,(H,23,26). The molecule has 1 spiro atoms. The fourth-order valence-corrected chi connectivity index (χ4v) is 3.79. The zero-order valence-corrected chi connectivity index (χ0v) is 16.1. The topological polar surface area (TPSA) is 67.2 Å². The molecule has 1 saturated heterocycles. The molecule has 1 aliphatic heterocycles. The fourth-order valence-electron chi connectivity index (χ4n) is 3.67. The SMILES string of the molecule is CC(NC(=O)c1cnn(-c2ccc(Cl)cc2)c1)C(=O)N1CCC2(CC1)CC2. The first-order valence-corrected chi connectivity index (χ1v) is 9.74. The van der Waals surface area contributed by atoms with Crippen LogP contribution in [-0.4, -0.2) is 45.6 Å². The summed E-state index contributed by atoms with van der Waals surface area (Å²) >= 11 is 5.90. The van der Waals surface area contributed by atoms with Crippen LogP contribution in [0.5, 0.6) is 0 Å². The molecule has 2 aromatic rings. The lowest BCUT2D eigenvalue weighted by molar-refractivity contribution is -0.134. The molecule has 6 nitrogen and oxygen atoms in total. The van der Waals surface area contributed by atoms with Gasteiger partial charge in [0.1, 0.15) is 6.04 Å². The van der Waals surface area contributed by atoms with Gasteiger partial charge in [-0.25, -0.2) is 4.68 Å². The molecule has 1 saturated carbocycles. The first kappa shape index (κ1) is 18.0. The van der Waals surface area contributed by atoms with Gasteiger partial charge in [0.15, 0.2) is 0 Å². The predicted octanol–water partition coefficient (Wildman–Crippen LogP) is 3.05. The summed E-state index contributed by atoms with van der Waals surface area (Å²) < 4.78 is 1.61. The Morgan fingerprint density at radius 2 is 1.81 bits per heavy atom. The lowest BCUT2D eigenvalue weighted by Gasteiger charge is -2.33. The Labute approximate surface area is 163 Å². The Kier molecular flexibility index (Phi) is 4.68. The average Bonchev–Trinajstić information content (AvgIpc) is 3.23. The number of nitrogens with zero attached hydrogens (tertiary/aromatic N) is 3. The highest BCUT2D eigenvalue weighted by Gasteiger charge is 2.45. The van der Waals surface area contributed by atoms with Crippen molar-refractivity contribution < 1.29 is 9.59 Å². The maximum atomic E-state index is 12.6. The second kappa shape index (κ2) is 7.00. The summed E-state index contributed by atoms with van der Waals surface area (Å²) in [6.07, 6.45) is 7.94. The monoisotopic (exact) mass is 386 g/mol. The number of halogens is 1. The number of carbonyl (C=O) groups is 2. The number of likely N-dealkylation sites (tertiary alicyclic amines) is 1. The summed E-state index contributed by atoms with van der Waals surface area (Å²) in [6.45, 7) is 3.34. The Morgan fingerprint density at radius 3 is 2.44 bits per heavy atom. The van der Waals surface area contributed by atoms with Gasteiger partial charge in [0.2, 0.25) is 5.91 Å². The molecule has 1 atom stereocenters. The van der Waals surface area contributed by atoms with Crippen molar-refractivity contribution in [1.29, 1.82) is 0 Å². The molecule has 2 heterocycles. The number of rotatable bonds is 4. The van der Waals surface area contributed by atoms with Gasteiger partial charge < -0.3 is 10.2 Å². The third kappa shape index (κ3) is 3.86. The number of carbonyl (C=O) groups excluding carboxylic acids is 2. The third-order valence-electron chi connectivity index (χ3n) is 5.75. The normalized spacial score (nSPS) is 19.0. The van der Waals surface area contributed by atoms with Crippen molar-refractivity contribution in [3.63, 3.8) is 0 Å². The van der Waals surface area contributed by atoms with E-state index in [2.05, 4.69) is 10.4 Å². The highest BCUT2D eigenvalue weighted by atomic mass is 35.5. The third-order valence-corrected chi connectivity index (χ3v) is 6.00. The van der Waals surface area contributed by atoms with Crippen molar-refractivity contribution in [1.82, 2.24) is 20.0 Å². The maximum absolute atomic E-state index is 12.6. The summed E-state index contributed by atoms with van der Waals surface area (Å²) in [5.41, 5.74) is 1.75. The van der Waals surface area contributed by atoms with Gasteiger partial charge in [0, 0.05) is 24.3 Å². The zero-order valence-electron chi connectivity index (χ0n) is 15.3. The highest BCUT2D eigenvalue weighted by Crippen LogP contribution is 2.53. The fraction of sp³-hybridized carbons (Fsp3) is 0.450. The molecule has 1 aromatic heterocycles. The van der Waals surface area contributed by atoms with Crippen LogP contribution in [0, 0.1) is 5.41 Å². The number of benzene rings is 1. The number of nitrogens with one attached hydrogen (secondary N) is 1. The molecule has 0 radical (unpaired) electrons. The summed E-state index contributed by atoms with van der Waals surface area (Å²) in [7, 11) is 0. The lowest BCUT2D eigenvalue weighted by Crippen LogP contribution is -2.49. The van der Waals surface area contributed by atoms with Crippen molar-refractivity contribution in [2.45, 2.75) is 38.6 Å². The molecule has 7 heteroatoms. The van der Waals surface area contributed by atoms with Gasteiger partial charge in [-0.15, -0.1) is 0 Å². The Morgan fingerprint density at radius 1 is 1.15 bits per heavy atom. The van der Waals surface area contributed by atoms with Crippen LogP contribution in [0.1, 0.15) is 43.0 Å². The highest BCUT2D eigenvalue weighted by molar-refractivity contribution is 6.30. The average molecular weight is 387 g/mol. The van der Waals surface area contributed by atoms with E-state index in [1.807, 2.05) is 17.0 Å².